The van der Waals surface area contributed by atoms with Gasteiger partial charge in [-0.05, 0) is 65.3 Å². The average Bonchev–Trinajstić information content (AvgIpc) is 3.69. The summed E-state index contributed by atoms with van der Waals surface area (Å²) in [5, 5.41) is 5.77. The number of aromatic nitrogens is 2. The number of carbonyl (C=O) groups excluding carboxylic acids is 1. The molecule has 36 heavy (non-hydrogen) atoms. The van der Waals surface area contributed by atoms with Gasteiger partial charge in [-0.3, -0.25) is 14.4 Å². The summed E-state index contributed by atoms with van der Waals surface area (Å²) in [5.41, 5.74) is 13.2. The molecule has 6 heteroatoms. The van der Waals surface area contributed by atoms with Crippen LogP contribution in [0, 0.1) is 0 Å². The molecule has 0 unspecified atom stereocenters. The van der Waals surface area contributed by atoms with Crippen molar-refractivity contribution in [2.24, 2.45) is 0 Å². The molecule has 2 heterocycles. The number of ether oxygens (including phenoxy) is 1. The maximum absolute atomic E-state index is 13.5. The van der Waals surface area contributed by atoms with Crippen molar-refractivity contribution in [1.82, 2.24) is 14.7 Å². The third-order valence-corrected chi connectivity index (χ3v) is 7.44. The van der Waals surface area contributed by atoms with Crippen molar-refractivity contribution in [2.75, 3.05) is 38.6 Å². The highest BCUT2D eigenvalue weighted by atomic mass is 16.5. The maximum atomic E-state index is 13.5. The van der Waals surface area contributed by atoms with Crippen LogP contribution in [0.5, 0.6) is 0 Å². The first-order chi connectivity index (χ1) is 17.7. The second kappa shape index (κ2) is 9.88. The number of Topliss-reactive ketones (excluding diaryl/α,β-unsaturated/α-hetero) is 1. The van der Waals surface area contributed by atoms with E-state index in [0.29, 0.717) is 11.6 Å². The second-order valence-electron chi connectivity index (χ2n) is 9.98. The number of fused-ring (bicyclic) bond motifs is 1. The minimum absolute atomic E-state index is 0.0942. The third-order valence-electron chi connectivity index (χ3n) is 7.44. The van der Waals surface area contributed by atoms with E-state index in [1.165, 1.54) is 23.9 Å². The van der Waals surface area contributed by atoms with Crippen molar-refractivity contribution in [3.05, 3.63) is 83.6 Å². The summed E-state index contributed by atoms with van der Waals surface area (Å²) >= 11 is 0. The molecule has 0 bridgehead atoms. The highest BCUT2D eigenvalue weighted by Crippen LogP contribution is 2.43. The molecule has 2 N–H and O–H groups in total. The molecular formula is C30H32N4O2. The number of carbonyl (C=O) groups is 1. The Hall–Kier alpha value is -3.48. The first kappa shape index (κ1) is 23.0. The standard InChI is InChI=1S/C30H32N4O2/c31-28-9-8-23(21-4-2-1-3-5-21)16-24(28)19-29(35)25-17-26-20-32-34(11-10-33-12-14-36-15-13-33)30(26)27(18-25)22-6-7-22/h1-5,8-9,16-18,20,22H,6-7,10-15,19,31H2. The molecule has 2 aliphatic rings. The molecule has 1 saturated carbocycles. The number of rotatable bonds is 8. The summed E-state index contributed by atoms with van der Waals surface area (Å²) < 4.78 is 7.61. The number of hydrogen-bond acceptors (Lipinski definition) is 5. The lowest BCUT2D eigenvalue weighted by atomic mass is 9.95. The van der Waals surface area contributed by atoms with Gasteiger partial charge in [0.15, 0.2) is 5.78 Å². The maximum Gasteiger partial charge on any atom is 0.167 e. The average molecular weight is 481 g/mol. The van der Waals surface area contributed by atoms with Crippen molar-refractivity contribution >= 4 is 22.4 Å². The molecule has 1 aromatic heterocycles. The predicted molar refractivity (Wildman–Crippen MR) is 143 cm³/mol. The number of benzene rings is 3. The fourth-order valence-electron chi connectivity index (χ4n) is 5.21. The normalized spacial score (nSPS) is 16.4. The van der Waals surface area contributed by atoms with Crippen molar-refractivity contribution in [3.8, 4) is 11.1 Å². The predicted octanol–water partition coefficient (Wildman–Crippen LogP) is 4.92. The first-order valence-corrected chi connectivity index (χ1v) is 12.9. The summed E-state index contributed by atoms with van der Waals surface area (Å²) in [6.45, 7) is 5.36. The van der Waals surface area contributed by atoms with Gasteiger partial charge >= 0.3 is 0 Å². The molecular weight excluding hydrogens is 448 g/mol. The summed E-state index contributed by atoms with van der Waals surface area (Å²) in [5.74, 6) is 0.613. The molecule has 184 valence electrons. The summed E-state index contributed by atoms with van der Waals surface area (Å²) in [7, 11) is 0. The number of nitrogens with zero attached hydrogens (tertiary/aromatic N) is 3. The van der Waals surface area contributed by atoms with Crippen molar-refractivity contribution < 1.29 is 9.53 Å². The van der Waals surface area contributed by atoms with E-state index >= 15 is 0 Å². The second-order valence-corrected chi connectivity index (χ2v) is 9.98. The number of anilines is 1. The van der Waals surface area contributed by atoms with Gasteiger partial charge in [-0.15, -0.1) is 0 Å². The molecule has 4 aromatic rings. The topological polar surface area (TPSA) is 73.4 Å². The molecule has 1 aliphatic heterocycles. The van der Waals surface area contributed by atoms with Gasteiger partial charge in [0.2, 0.25) is 0 Å². The Balaban J connectivity index is 1.26. The highest BCUT2D eigenvalue weighted by molar-refractivity contribution is 6.02. The lowest BCUT2D eigenvalue weighted by Gasteiger charge is -2.26. The highest BCUT2D eigenvalue weighted by Gasteiger charge is 2.28. The Labute approximate surface area is 211 Å². The summed E-state index contributed by atoms with van der Waals surface area (Å²) in [4.78, 5) is 15.9. The van der Waals surface area contributed by atoms with Crippen LogP contribution in [-0.4, -0.2) is 53.3 Å². The third kappa shape index (κ3) is 4.79. The lowest BCUT2D eigenvalue weighted by molar-refractivity contribution is 0.0361. The molecule has 0 radical (unpaired) electrons. The molecule has 1 aliphatic carbocycles. The molecule has 6 nitrogen and oxygen atoms in total. The smallest absolute Gasteiger partial charge is 0.167 e. The van der Waals surface area contributed by atoms with Crippen LogP contribution in [0.15, 0.2) is 66.9 Å². The molecule has 0 atom stereocenters. The zero-order chi connectivity index (χ0) is 24.5. The molecule has 0 amide bonds. The summed E-state index contributed by atoms with van der Waals surface area (Å²) in [6.07, 6.45) is 4.55. The van der Waals surface area contributed by atoms with Crippen molar-refractivity contribution in [2.45, 2.75) is 31.7 Å². The largest absolute Gasteiger partial charge is 0.398 e. The van der Waals surface area contributed by atoms with Gasteiger partial charge in [0.05, 0.1) is 31.5 Å². The van der Waals surface area contributed by atoms with Crippen LogP contribution in [0.4, 0.5) is 5.69 Å². The van der Waals surface area contributed by atoms with Gasteiger partial charge in [0.25, 0.3) is 0 Å². The van der Waals surface area contributed by atoms with Gasteiger partial charge in [-0.1, -0.05) is 36.4 Å². The van der Waals surface area contributed by atoms with Gasteiger partial charge in [0, 0.05) is 42.7 Å². The lowest BCUT2D eigenvalue weighted by Crippen LogP contribution is -2.38. The van der Waals surface area contributed by atoms with Crippen molar-refractivity contribution in [3.63, 3.8) is 0 Å². The molecule has 6 rings (SSSR count). The van der Waals surface area contributed by atoms with Crippen LogP contribution in [0.1, 0.15) is 40.2 Å². The van der Waals surface area contributed by atoms with E-state index in [1.807, 2.05) is 48.7 Å². The fourth-order valence-corrected chi connectivity index (χ4v) is 5.21. The number of ketones is 1. The molecule has 0 spiro atoms. The van der Waals surface area contributed by atoms with Crippen LogP contribution >= 0.6 is 0 Å². The molecule has 1 saturated heterocycles. The SMILES string of the molecule is Nc1ccc(-c2ccccc2)cc1CC(=O)c1cc(C2CC2)c2c(cnn2CCN2CCOCC2)c1. The number of hydrogen-bond donors (Lipinski definition) is 1. The minimum Gasteiger partial charge on any atom is -0.398 e. The number of morpholine rings is 1. The van der Waals surface area contributed by atoms with Crippen LogP contribution in [0.3, 0.4) is 0 Å². The van der Waals surface area contributed by atoms with Crippen LogP contribution in [0.2, 0.25) is 0 Å². The Morgan fingerprint density at radius 3 is 2.56 bits per heavy atom. The van der Waals surface area contributed by atoms with Crippen LogP contribution in [0.25, 0.3) is 22.0 Å². The quantitative estimate of drug-likeness (QED) is 0.286. The van der Waals surface area contributed by atoms with Gasteiger partial charge in [0.1, 0.15) is 0 Å². The Morgan fingerprint density at radius 2 is 1.78 bits per heavy atom. The number of nitrogen functional groups attached to an aromatic ring is 1. The Kier molecular flexibility index (Phi) is 6.30. The Bertz CT molecular complexity index is 1390. The zero-order valence-corrected chi connectivity index (χ0v) is 20.5. The van der Waals surface area contributed by atoms with E-state index in [2.05, 4.69) is 27.8 Å². The number of nitrogens with two attached hydrogens (primary N) is 1. The molecule has 3 aromatic carbocycles. The van der Waals surface area contributed by atoms with E-state index in [9.17, 15) is 4.79 Å². The van der Waals surface area contributed by atoms with Crippen LogP contribution in [-0.2, 0) is 17.7 Å². The van der Waals surface area contributed by atoms with E-state index < -0.39 is 0 Å². The van der Waals surface area contributed by atoms with Gasteiger partial charge in [-0.25, -0.2) is 0 Å². The summed E-state index contributed by atoms with van der Waals surface area (Å²) in [6, 6.07) is 20.3. The first-order valence-electron chi connectivity index (χ1n) is 12.9. The van der Waals surface area contributed by atoms with Crippen molar-refractivity contribution in [1.29, 1.82) is 0 Å². The minimum atomic E-state index is 0.0942. The molecule has 2 fully saturated rings. The monoisotopic (exact) mass is 480 g/mol. The van der Waals surface area contributed by atoms with E-state index in [0.717, 1.165) is 67.0 Å². The Morgan fingerprint density at radius 1 is 0.972 bits per heavy atom. The van der Waals surface area contributed by atoms with E-state index in [-0.39, 0.29) is 12.2 Å². The van der Waals surface area contributed by atoms with E-state index in [4.69, 9.17) is 15.6 Å². The van der Waals surface area contributed by atoms with Gasteiger partial charge in [-0.2, -0.15) is 5.10 Å². The van der Waals surface area contributed by atoms with E-state index in [1.54, 1.807) is 0 Å². The zero-order valence-electron chi connectivity index (χ0n) is 20.5. The van der Waals surface area contributed by atoms with Crippen LogP contribution < -0.4 is 5.73 Å². The van der Waals surface area contributed by atoms with Gasteiger partial charge < -0.3 is 10.5 Å². The fraction of sp³-hybridized carbons (Fsp3) is 0.333.